The molecule has 0 aliphatic carbocycles. The highest BCUT2D eigenvalue weighted by Crippen LogP contribution is 2.19. The summed E-state index contributed by atoms with van der Waals surface area (Å²) >= 11 is 1.85. The molecule has 0 unspecified atom stereocenters. The van der Waals surface area contributed by atoms with Gasteiger partial charge < -0.3 is 4.90 Å². The van der Waals surface area contributed by atoms with E-state index in [0.29, 0.717) is 6.54 Å². The van der Waals surface area contributed by atoms with Crippen LogP contribution in [-0.4, -0.2) is 40.0 Å². The molecule has 0 radical (unpaired) electrons. The Bertz CT molecular complexity index is 734. The van der Waals surface area contributed by atoms with Gasteiger partial charge in [0.05, 0.1) is 12.2 Å². The Balaban J connectivity index is 1.83. The maximum Gasteiger partial charge on any atom is 0.253 e. The van der Waals surface area contributed by atoms with Gasteiger partial charge in [0.2, 0.25) is 0 Å². The van der Waals surface area contributed by atoms with Gasteiger partial charge in [-0.2, -0.15) is 0 Å². The van der Waals surface area contributed by atoms with Crippen LogP contribution in [0.4, 0.5) is 0 Å². The molecule has 124 valence electrons. The van der Waals surface area contributed by atoms with E-state index in [1.165, 1.54) is 9.75 Å². The first-order valence-electron chi connectivity index (χ1n) is 8.03. The average molecular weight is 332 g/mol. The van der Waals surface area contributed by atoms with E-state index in [-0.39, 0.29) is 5.56 Å². The summed E-state index contributed by atoms with van der Waals surface area (Å²) in [6, 6.07) is 6.05. The highest BCUT2D eigenvalue weighted by atomic mass is 32.1. The number of hydrogen-bond acceptors (Lipinski definition) is 5. The van der Waals surface area contributed by atoms with Crippen LogP contribution in [0.2, 0.25) is 0 Å². The molecule has 0 N–H and O–H groups in total. The maximum absolute atomic E-state index is 12.4. The minimum atomic E-state index is 0.0840. The van der Waals surface area contributed by atoms with E-state index in [1.54, 1.807) is 6.07 Å². The zero-order valence-electron chi connectivity index (χ0n) is 14.1. The molecule has 0 spiro atoms. The van der Waals surface area contributed by atoms with Crippen LogP contribution >= 0.6 is 11.3 Å². The van der Waals surface area contributed by atoms with Crippen molar-refractivity contribution in [2.45, 2.75) is 39.5 Å². The van der Waals surface area contributed by atoms with Gasteiger partial charge in [0.25, 0.3) is 5.56 Å². The summed E-state index contributed by atoms with van der Waals surface area (Å²) in [5, 5.41) is 0. The van der Waals surface area contributed by atoms with E-state index in [4.69, 9.17) is 4.98 Å². The molecule has 0 saturated carbocycles. The van der Waals surface area contributed by atoms with E-state index in [0.717, 1.165) is 44.1 Å². The van der Waals surface area contributed by atoms with Crippen molar-refractivity contribution in [3.8, 4) is 0 Å². The van der Waals surface area contributed by atoms with Gasteiger partial charge in [0.1, 0.15) is 5.82 Å². The molecule has 0 saturated heterocycles. The van der Waals surface area contributed by atoms with Gasteiger partial charge in [-0.05, 0) is 39.6 Å². The molecule has 0 bridgehead atoms. The van der Waals surface area contributed by atoms with Gasteiger partial charge in [0, 0.05) is 42.0 Å². The summed E-state index contributed by atoms with van der Waals surface area (Å²) in [5.41, 5.74) is 0.945. The van der Waals surface area contributed by atoms with Gasteiger partial charge in [0.15, 0.2) is 0 Å². The predicted molar refractivity (Wildman–Crippen MR) is 93.7 cm³/mol. The summed E-state index contributed by atoms with van der Waals surface area (Å²) < 4.78 is 1.85. The number of nitrogens with zero attached hydrogens (tertiary/aromatic N) is 4. The second-order valence-electron chi connectivity index (χ2n) is 6.47. The fourth-order valence-corrected chi connectivity index (χ4v) is 3.96. The van der Waals surface area contributed by atoms with Gasteiger partial charge in [-0.25, -0.2) is 4.98 Å². The Hall–Kier alpha value is -1.50. The van der Waals surface area contributed by atoms with Crippen molar-refractivity contribution in [3.63, 3.8) is 0 Å². The molecule has 1 aliphatic rings. The molecule has 0 aromatic carbocycles. The molecule has 3 rings (SSSR count). The van der Waals surface area contributed by atoms with Gasteiger partial charge in [-0.3, -0.25) is 14.3 Å². The Kier molecular flexibility index (Phi) is 4.94. The smallest absolute Gasteiger partial charge is 0.253 e. The summed E-state index contributed by atoms with van der Waals surface area (Å²) in [6.07, 6.45) is 0.992. The van der Waals surface area contributed by atoms with Crippen molar-refractivity contribution in [2.75, 3.05) is 20.6 Å². The number of aryl methyl sites for hydroxylation is 1. The highest BCUT2D eigenvalue weighted by Gasteiger charge is 2.18. The molecule has 23 heavy (non-hydrogen) atoms. The summed E-state index contributed by atoms with van der Waals surface area (Å²) in [4.78, 5) is 24.3. The van der Waals surface area contributed by atoms with Crippen LogP contribution in [0, 0.1) is 6.92 Å². The van der Waals surface area contributed by atoms with Crippen LogP contribution in [0.15, 0.2) is 23.0 Å². The maximum atomic E-state index is 12.4. The minimum Gasteiger partial charge on any atom is -0.304 e. The van der Waals surface area contributed by atoms with Gasteiger partial charge in [-0.1, -0.05) is 0 Å². The molecular formula is C17H24N4OS. The number of thiophene rings is 1. The van der Waals surface area contributed by atoms with Gasteiger partial charge >= 0.3 is 0 Å². The van der Waals surface area contributed by atoms with Crippen molar-refractivity contribution in [1.29, 1.82) is 0 Å². The lowest BCUT2D eigenvalue weighted by atomic mass is 10.3. The molecule has 5 nitrogen and oxygen atoms in total. The van der Waals surface area contributed by atoms with E-state index in [9.17, 15) is 4.79 Å². The number of fused-ring (bicyclic) bond motifs is 1. The van der Waals surface area contributed by atoms with Crippen molar-refractivity contribution in [1.82, 2.24) is 19.4 Å². The Labute approximate surface area is 141 Å². The van der Waals surface area contributed by atoms with E-state index in [2.05, 4.69) is 24.0 Å². The van der Waals surface area contributed by atoms with Crippen LogP contribution < -0.4 is 5.56 Å². The van der Waals surface area contributed by atoms with Crippen LogP contribution in [0.25, 0.3) is 0 Å². The first-order chi connectivity index (χ1) is 11.0. The lowest BCUT2D eigenvalue weighted by Gasteiger charge is -2.19. The quantitative estimate of drug-likeness (QED) is 0.860. The topological polar surface area (TPSA) is 41.4 Å². The second kappa shape index (κ2) is 6.95. The number of aromatic nitrogens is 2. The van der Waals surface area contributed by atoms with Crippen LogP contribution in [0.3, 0.4) is 0 Å². The lowest BCUT2D eigenvalue weighted by Crippen LogP contribution is -2.28. The zero-order valence-corrected chi connectivity index (χ0v) is 14.9. The summed E-state index contributed by atoms with van der Waals surface area (Å²) in [6.45, 7) is 6.29. The van der Waals surface area contributed by atoms with Crippen LogP contribution in [0.1, 0.15) is 27.7 Å². The van der Waals surface area contributed by atoms with Crippen molar-refractivity contribution >= 4 is 11.3 Å². The third kappa shape index (κ3) is 4.07. The number of rotatable bonds is 4. The van der Waals surface area contributed by atoms with Gasteiger partial charge in [-0.15, -0.1) is 11.3 Å². The fourth-order valence-electron chi connectivity index (χ4n) is 3.03. The molecule has 0 atom stereocenters. The van der Waals surface area contributed by atoms with Crippen LogP contribution in [0.5, 0.6) is 0 Å². The molecule has 6 heteroatoms. The van der Waals surface area contributed by atoms with Crippen molar-refractivity contribution in [3.05, 3.63) is 49.8 Å². The van der Waals surface area contributed by atoms with E-state index >= 15 is 0 Å². The summed E-state index contributed by atoms with van der Waals surface area (Å²) in [5.74, 6) is 0.903. The first kappa shape index (κ1) is 16.4. The zero-order chi connectivity index (χ0) is 16.4. The Morgan fingerprint density at radius 1 is 1.30 bits per heavy atom. The van der Waals surface area contributed by atoms with Crippen molar-refractivity contribution in [2.24, 2.45) is 0 Å². The molecule has 2 aromatic heterocycles. The molecule has 2 aromatic rings. The van der Waals surface area contributed by atoms with E-state index in [1.807, 2.05) is 34.9 Å². The molecule has 0 fully saturated rings. The van der Waals surface area contributed by atoms with Crippen LogP contribution in [-0.2, 0) is 26.2 Å². The molecule has 1 aliphatic heterocycles. The number of hydrogen-bond donors (Lipinski definition) is 0. The fraction of sp³-hybridized carbons (Fsp3) is 0.529. The largest absolute Gasteiger partial charge is 0.304 e. The molecule has 0 amide bonds. The average Bonchev–Trinajstić information content (AvgIpc) is 2.75. The molecule has 3 heterocycles. The van der Waals surface area contributed by atoms with Crippen molar-refractivity contribution < 1.29 is 0 Å². The standard InChI is InChI=1S/C17H24N4OS/c1-13-5-6-15(23-13)11-20-7-4-8-21-16(12-20)18-14(9-17(21)22)10-19(2)3/h5-6,9H,4,7-8,10-12H2,1-3H3. The second-order valence-corrected chi connectivity index (χ2v) is 7.84. The summed E-state index contributed by atoms with van der Waals surface area (Å²) in [7, 11) is 3.99. The normalized spacial score (nSPS) is 15.7. The van der Waals surface area contributed by atoms with E-state index < -0.39 is 0 Å². The SMILES string of the molecule is Cc1ccc(CN2CCCn3c(nc(CN(C)C)cc3=O)C2)s1. The Morgan fingerprint density at radius 2 is 2.13 bits per heavy atom. The molecular weight excluding hydrogens is 308 g/mol. The highest BCUT2D eigenvalue weighted by molar-refractivity contribution is 7.11. The lowest BCUT2D eigenvalue weighted by molar-refractivity contribution is 0.260. The first-order valence-corrected chi connectivity index (χ1v) is 8.85. The Morgan fingerprint density at radius 3 is 2.83 bits per heavy atom. The third-order valence-corrected chi connectivity index (χ3v) is 5.00. The monoisotopic (exact) mass is 332 g/mol. The third-order valence-electron chi connectivity index (χ3n) is 4.02. The predicted octanol–water partition coefficient (Wildman–Crippen LogP) is 2.08. The minimum absolute atomic E-state index is 0.0840.